The third kappa shape index (κ3) is 6.57. The Morgan fingerprint density at radius 3 is 2.39 bits per heavy atom. The molecule has 2 fully saturated rings. The molecular formula is C21H31ClN4O4S. The highest BCUT2D eigenvalue weighted by Gasteiger charge is 2.31. The van der Waals surface area contributed by atoms with Gasteiger partial charge in [-0.3, -0.25) is 4.79 Å². The molecule has 1 aliphatic heterocycles. The minimum Gasteiger partial charge on any atom is -0.340 e. The molecule has 2 N–H and O–H groups in total. The van der Waals surface area contributed by atoms with E-state index in [-0.39, 0.29) is 41.0 Å². The number of nitrogens with one attached hydrogen (secondary N) is 2. The van der Waals surface area contributed by atoms with E-state index in [1.807, 2.05) is 0 Å². The van der Waals surface area contributed by atoms with Crippen molar-refractivity contribution in [2.24, 2.45) is 0 Å². The number of carbonyl (C=O) groups excluding carboxylic acids is 2. The highest BCUT2D eigenvalue weighted by molar-refractivity contribution is 7.89. The zero-order valence-corrected chi connectivity index (χ0v) is 19.3. The van der Waals surface area contributed by atoms with E-state index in [9.17, 15) is 18.0 Å². The van der Waals surface area contributed by atoms with Gasteiger partial charge in [0.2, 0.25) is 15.9 Å². The lowest BCUT2D eigenvalue weighted by molar-refractivity contribution is -0.132. The number of hydrogen-bond acceptors (Lipinski definition) is 4. The van der Waals surface area contributed by atoms with Crippen LogP contribution in [0.15, 0.2) is 29.2 Å². The number of sulfonamides is 1. The van der Waals surface area contributed by atoms with Gasteiger partial charge >= 0.3 is 6.03 Å². The van der Waals surface area contributed by atoms with Crippen molar-refractivity contribution in [3.05, 3.63) is 29.3 Å². The maximum absolute atomic E-state index is 12.8. The number of nitrogens with zero attached hydrogens (tertiary/aromatic N) is 2. The van der Waals surface area contributed by atoms with Gasteiger partial charge in [0.15, 0.2) is 0 Å². The molecule has 0 unspecified atom stereocenters. The lowest BCUT2D eigenvalue weighted by atomic mass is 9.96. The average molecular weight is 471 g/mol. The Hall–Kier alpha value is -1.84. The van der Waals surface area contributed by atoms with Crippen molar-refractivity contribution in [3.63, 3.8) is 0 Å². The molecule has 1 aliphatic carbocycles. The van der Waals surface area contributed by atoms with Crippen LogP contribution < -0.4 is 10.6 Å². The normalized spacial score (nSPS) is 18.5. The smallest absolute Gasteiger partial charge is 0.315 e. The van der Waals surface area contributed by atoms with E-state index in [4.69, 9.17) is 11.6 Å². The lowest BCUT2D eigenvalue weighted by Gasteiger charge is -2.34. The zero-order valence-electron chi connectivity index (χ0n) is 17.7. The maximum Gasteiger partial charge on any atom is 0.315 e. The van der Waals surface area contributed by atoms with Gasteiger partial charge in [0.05, 0.1) is 5.02 Å². The number of piperazine rings is 1. The van der Waals surface area contributed by atoms with Crippen LogP contribution >= 0.6 is 11.6 Å². The van der Waals surface area contributed by atoms with Crippen LogP contribution in [-0.4, -0.2) is 68.3 Å². The van der Waals surface area contributed by atoms with Crippen molar-refractivity contribution in [2.45, 2.75) is 55.9 Å². The highest BCUT2D eigenvalue weighted by Crippen LogP contribution is 2.25. The van der Waals surface area contributed by atoms with Gasteiger partial charge < -0.3 is 15.5 Å². The van der Waals surface area contributed by atoms with Gasteiger partial charge in [0.25, 0.3) is 0 Å². The lowest BCUT2D eigenvalue weighted by Crippen LogP contribution is -2.50. The molecule has 0 radical (unpaired) electrons. The average Bonchev–Trinajstić information content (AvgIpc) is 2.77. The fourth-order valence-electron chi connectivity index (χ4n) is 4.05. The van der Waals surface area contributed by atoms with E-state index in [1.54, 1.807) is 23.1 Å². The zero-order chi connectivity index (χ0) is 22.3. The van der Waals surface area contributed by atoms with E-state index in [0.717, 1.165) is 25.7 Å². The van der Waals surface area contributed by atoms with Crippen molar-refractivity contribution in [1.29, 1.82) is 0 Å². The van der Waals surface area contributed by atoms with Crippen molar-refractivity contribution >= 4 is 33.6 Å². The van der Waals surface area contributed by atoms with Crippen molar-refractivity contribution in [3.8, 4) is 0 Å². The summed E-state index contributed by atoms with van der Waals surface area (Å²) in [6.45, 7) is 1.60. The summed E-state index contributed by atoms with van der Waals surface area (Å²) in [6, 6.07) is 6.46. The van der Waals surface area contributed by atoms with Crippen LogP contribution in [0.4, 0.5) is 4.79 Å². The van der Waals surface area contributed by atoms with Gasteiger partial charge in [-0.1, -0.05) is 43.0 Å². The first-order valence-corrected chi connectivity index (χ1v) is 12.8. The molecule has 0 bridgehead atoms. The minimum atomic E-state index is -3.68. The first kappa shape index (κ1) is 23.8. The first-order valence-electron chi connectivity index (χ1n) is 10.9. The van der Waals surface area contributed by atoms with Crippen LogP contribution in [0.25, 0.3) is 0 Å². The molecule has 3 rings (SSSR count). The van der Waals surface area contributed by atoms with Crippen LogP contribution in [0.5, 0.6) is 0 Å². The van der Waals surface area contributed by atoms with Gasteiger partial charge in [0, 0.05) is 45.2 Å². The monoisotopic (exact) mass is 470 g/mol. The van der Waals surface area contributed by atoms with Gasteiger partial charge in [-0.25, -0.2) is 13.2 Å². The summed E-state index contributed by atoms with van der Waals surface area (Å²) in [4.78, 5) is 26.2. The van der Waals surface area contributed by atoms with Crippen LogP contribution in [-0.2, 0) is 14.8 Å². The standard InChI is InChI=1S/C21H31ClN4O4S/c22-18-9-4-5-10-19(18)31(29,30)26-15-13-25(14-16-26)20(27)11-6-12-23-21(28)24-17-7-2-1-3-8-17/h4-5,9-10,17H,1-3,6-8,11-16H2,(H2,23,24,28). The Kier molecular flexibility index (Phi) is 8.57. The molecule has 1 aromatic carbocycles. The van der Waals surface area contributed by atoms with Crippen LogP contribution in [0.2, 0.25) is 5.02 Å². The summed E-state index contributed by atoms with van der Waals surface area (Å²) in [5.41, 5.74) is 0. The second kappa shape index (κ2) is 11.2. The topological polar surface area (TPSA) is 98.8 Å². The molecule has 10 heteroatoms. The number of hydrogen-bond donors (Lipinski definition) is 2. The molecule has 31 heavy (non-hydrogen) atoms. The molecule has 1 saturated carbocycles. The number of halogens is 1. The second-order valence-electron chi connectivity index (χ2n) is 8.05. The van der Waals surface area contributed by atoms with Crippen molar-refractivity contribution < 1.29 is 18.0 Å². The molecule has 2 aliphatic rings. The molecule has 172 valence electrons. The Morgan fingerprint density at radius 1 is 1.03 bits per heavy atom. The summed E-state index contributed by atoms with van der Waals surface area (Å²) in [6.07, 6.45) is 6.49. The van der Waals surface area contributed by atoms with Crippen LogP contribution in [0.1, 0.15) is 44.9 Å². The maximum atomic E-state index is 12.8. The SMILES string of the molecule is O=C(NCCCC(=O)N1CCN(S(=O)(=O)c2ccccc2Cl)CC1)NC1CCCCC1. The molecule has 1 heterocycles. The third-order valence-electron chi connectivity index (χ3n) is 5.84. The predicted molar refractivity (Wildman–Crippen MR) is 119 cm³/mol. The summed E-state index contributed by atoms with van der Waals surface area (Å²) < 4.78 is 27.0. The third-order valence-corrected chi connectivity index (χ3v) is 8.24. The fourth-order valence-corrected chi connectivity index (χ4v) is 5.97. The Morgan fingerprint density at radius 2 is 1.71 bits per heavy atom. The second-order valence-corrected chi connectivity index (χ2v) is 10.4. The van der Waals surface area contributed by atoms with Crippen molar-refractivity contribution in [1.82, 2.24) is 19.8 Å². The van der Waals surface area contributed by atoms with E-state index in [2.05, 4.69) is 10.6 Å². The van der Waals surface area contributed by atoms with Gasteiger partial charge in [-0.05, 0) is 31.4 Å². The summed E-state index contributed by atoms with van der Waals surface area (Å²) in [5.74, 6) is -0.0238. The quantitative estimate of drug-likeness (QED) is 0.598. The number of amides is 3. The molecule has 1 aromatic rings. The predicted octanol–water partition coefficient (Wildman–Crippen LogP) is 2.58. The van der Waals surface area contributed by atoms with E-state index >= 15 is 0 Å². The number of benzene rings is 1. The molecule has 3 amide bonds. The van der Waals surface area contributed by atoms with Gasteiger partial charge in [-0.2, -0.15) is 4.31 Å². The van der Waals surface area contributed by atoms with Crippen LogP contribution in [0, 0.1) is 0 Å². The highest BCUT2D eigenvalue weighted by atomic mass is 35.5. The molecule has 8 nitrogen and oxygen atoms in total. The molecule has 0 spiro atoms. The number of carbonyl (C=O) groups is 2. The van der Waals surface area contributed by atoms with E-state index in [0.29, 0.717) is 32.5 Å². The Labute approximate surface area is 189 Å². The largest absolute Gasteiger partial charge is 0.340 e. The van der Waals surface area contributed by atoms with Gasteiger partial charge in [0.1, 0.15) is 4.90 Å². The summed E-state index contributed by atoms with van der Waals surface area (Å²) in [5, 5.41) is 6.00. The number of urea groups is 1. The van der Waals surface area contributed by atoms with Crippen molar-refractivity contribution in [2.75, 3.05) is 32.7 Å². The molecular weight excluding hydrogens is 440 g/mol. The van der Waals surface area contributed by atoms with E-state index in [1.165, 1.54) is 16.8 Å². The molecule has 1 saturated heterocycles. The first-order chi connectivity index (χ1) is 14.9. The minimum absolute atomic E-state index is 0.0238. The Balaban J connectivity index is 1.36. The Bertz CT molecular complexity index is 866. The molecule has 0 aromatic heterocycles. The van der Waals surface area contributed by atoms with E-state index < -0.39 is 10.0 Å². The van der Waals surface area contributed by atoms with Crippen LogP contribution in [0.3, 0.4) is 0 Å². The summed E-state index contributed by atoms with van der Waals surface area (Å²) in [7, 11) is -3.68. The number of rotatable bonds is 7. The molecule has 0 atom stereocenters. The van der Waals surface area contributed by atoms with Gasteiger partial charge in [-0.15, -0.1) is 0 Å². The summed E-state index contributed by atoms with van der Waals surface area (Å²) >= 11 is 6.05. The fraction of sp³-hybridized carbons (Fsp3) is 0.619.